The highest BCUT2D eigenvalue weighted by Crippen LogP contribution is 2.64. The van der Waals surface area contributed by atoms with Crippen molar-refractivity contribution >= 4 is 12.3 Å². The molecule has 4 heteroatoms. The van der Waals surface area contributed by atoms with E-state index in [9.17, 15) is 9.59 Å². The summed E-state index contributed by atoms with van der Waals surface area (Å²) in [6, 6.07) is 6.51. The van der Waals surface area contributed by atoms with Crippen molar-refractivity contribution in [3.63, 3.8) is 0 Å². The van der Waals surface area contributed by atoms with Gasteiger partial charge in [0.05, 0.1) is 0 Å². The predicted octanol–water partition coefficient (Wildman–Crippen LogP) is 4.14. The first-order valence-electron chi connectivity index (χ1n) is 10.3. The van der Waals surface area contributed by atoms with Crippen molar-refractivity contribution < 1.29 is 19.1 Å². The van der Waals surface area contributed by atoms with E-state index in [-0.39, 0.29) is 17.3 Å². The maximum absolute atomic E-state index is 12.1. The number of rotatable bonds is 2. The molecule has 28 heavy (non-hydrogen) atoms. The van der Waals surface area contributed by atoms with Crippen molar-refractivity contribution in [2.45, 2.75) is 51.0 Å². The molecule has 0 amide bonds. The molecule has 0 N–H and O–H groups in total. The molecule has 8 bridgehead atoms. The Morgan fingerprint density at radius 2 is 2.18 bits per heavy atom. The van der Waals surface area contributed by atoms with Crippen molar-refractivity contribution in [3.05, 3.63) is 53.1 Å². The second-order valence-corrected chi connectivity index (χ2v) is 8.93. The minimum absolute atomic E-state index is 0.213. The zero-order valence-electron chi connectivity index (χ0n) is 16.4. The summed E-state index contributed by atoms with van der Waals surface area (Å²) < 4.78 is 11.9. The van der Waals surface area contributed by atoms with E-state index in [1.807, 2.05) is 12.2 Å². The van der Waals surface area contributed by atoms with E-state index in [1.165, 1.54) is 18.1 Å². The van der Waals surface area contributed by atoms with E-state index in [2.05, 4.69) is 31.2 Å². The fourth-order valence-corrected chi connectivity index (χ4v) is 6.49. The summed E-state index contributed by atoms with van der Waals surface area (Å²) in [4.78, 5) is 24.2. The Labute approximate surface area is 165 Å². The second-order valence-electron chi connectivity index (χ2n) is 8.93. The lowest BCUT2D eigenvalue weighted by Crippen LogP contribution is -2.54. The highest BCUT2D eigenvalue weighted by molar-refractivity contribution is 5.82. The third-order valence-corrected chi connectivity index (χ3v) is 7.72. The Hall–Kier alpha value is -2.36. The van der Waals surface area contributed by atoms with E-state index >= 15 is 0 Å². The highest BCUT2D eigenvalue weighted by atomic mass is 16.6. The zero-order valence-corrected chi connectivity index (χ0v) is 16.4. The molecule has 4 nitrogen and oxygen atoms in total. The van der Waals surface area contributed by atoms with E-state index in [0.717, 1.165) is 37.7 Å². The van der Waals surface area contributed by atoms with Gasteiger partial charge in [-0.3, -0.25) is 9.59 Å². The number of allylic oxidation sites excluding steroid dienone is 1. The van der Waals surface area contributed by atoms with E-state index < -0.39 is 5.60 Å². The number of hydrogen-bond donors (Lipinski definition) is 0. The minimum atomic E-state index is -1.01. The molecule has 9 rings (SSSR count). The normalized spacial score (nSPS) is 37.5. The van der Waals surface area contributed by atoms with E-state index in [4.69, 9.17) is 9.47 Å². The maximum atomic E-state index is 12.1. The van der Waals surface area contributed by atoms with Gasteiger partial charge in [0.1, 0.15) is 18.6 Å². The van der Waals surface area contributed by atoms with Crippen LogP contribution >= 0.6 is 0 Å². The van der Waals surface area contributed by atoms with Crippen LogP contribution in [0.25, 0.3) is 0 Å². The molecule has 1 unspecified atom stereocenters. The van der Waals surface area contributed by atoms with Gasteiger partial charge in [0.15, 0.2) is 5.60 Å². The molecule has 8 aliphatic rings. The van der Waals surface area contributed by atoms with Crippen LogP contribution < -0.4 is 4.74 Å². The minimum Gasteiger partial charge on any atom is -0.490 e. The average molecular weight is 378 g/mol. The van der Waals surface area contributed by atoms with Crippen molar-refractivity contribution in [1.82, 2.24) is 0 Å². The van der Waals surface area contributed by atoms with Crippen LogP contribution in [0.4, 0.5) is 0 Å². The first-order chi connectivity index (χ1) is 13.5. The van der Waals surface area contributed by atoms with Crippen LogP contribution in [0.5, 0.6) is 5.75 Å². The van der Waals surface area contributed by atoms with Crippen molar-refractivity contribution in [2.75, 3.05) is 6.61 Å². The summed E-state index contributed by atoms with van der Waals surface area (Å²) >= 11 is 0. The first-order valence-corrected chi connectivity index (χ1v) is 10.3. The Morgan fingerprint density at radius 3 is 2.96 bits per heavy atom. The van der Waals surface area contributed by atoms with Crippen LogP contribution in [-0.4, -0.2) is 24.5 Å². The summed E-state index contributed by atoms with van der Waals surface area (Å²) in [6.45, 7) is 4.01. The summed E-state index contributed by atoms with van der Waals surface area (Å²) in [7, 11) is 0. The molecule has 0 aromatic heterocycles. The number of benzene rings is 1. The molecule has 5 aliphatic heterocycles. The van der Waals surface area contributed by atoms with Crippen molar-refractivity contribution in [1.29, 1.82) is 0 Å². The van der Waals surface area contributed by atoms with E-state index in [1.54, 1.807) is 0 Å². The van der Waals surface area contributed by atoms with Gasteiger partial charge in [-0.05, 0) is 78.8 Å². The molecule has 0 spiro atoms. The molecule has 3 aliphatic carbocycles. The van der Waals surface area contributed by atoms with Gasteiger partial charge in [0.2, 0.25) is 0 Å². The van der Waals surface area contributed by atoms with Crippen LogP contribution in [-0.2, 0) is 20.7 Å². The van der Waals surface area contributed by atoms with Crippen LogP contribution in [0.3, 0.4) is 0 Å². The molecule has 0 saturated heterocycles. The van der Waals surface area contributed by atoms with Crippen LogP contribution in [0.1, 0.15) is 50.2 Å². The monoisotopic (exact) mass is 378 g/mol. The Bertz CT molecular complexity index is 913. The second kappa shape index (κ2) is 6.07. The number of aldehydes is 1. The number of hydrogen-bond acceptors (Lipinski definition) is 4. The highest BCUT2D eigenvalue weighted by Gasteiger charge is 2.63. The topological polar surface area (TPSA) is 52.6 Å². The fraction of sp³-hybridized carbons (Fsp3) is 0.500. The molecule has 146 valence electrons. The zero-order chi connectivity index (χ0) is 19.5. The van der Waals surface area contributed by atoms with Gasteiger partial charge in [-0.1, -0.05) is 19.1 Å². The van der Waals surface area contributed by atoms with E-state index in [0.29, 0.717) is 24.0 Å². The molecule has 5 heterocycles. The summed E-state index contributed by atoms with van der Waals surface area (Å²) in [5.41, 5.74) is 2.09. The standard InChI is InChI=1S/C24H26O4/c1-15(26)28-24-9-3-11-27-18-5-7-19-16(12-18)4-6-21-20(19)8-10-23(24,2)22(21)13-17(24)14-25/h3,5,7,9,12-14,20-22H,4,6,8,10-11H2,1-2H3/t20?,21-,22-,23-,24+/m0/s1. The van der Waals surface area contributed by atoms with Gasteiger partial charge in [0, 0.05) is 17.9 Å². The molecule has 1 aromatic carbocycles. The molecular formula is C24H26O4. The summed E-state index contributed by atoms with van der Waals surface area (Å²) in [5.74, 6) is 1.67. The Kier molecular flexibility index (Phi) is 3.84. The van der Waals surface area contributed by atoms with Gasteiger partial charge in [-0.15, -0.1) is 0 Å². The van der Waals surface area contributed by atoms with Gasteiger partial charge in [-0.25, -0.2) is 0 Å². The average Bonchev–Trinajstić information content (AvgIpc) is 2.93. The summed E-state index contributed by atoms with van der Waals surface area (Å²) in [5, 5.41) is 0. The Balaban J connectivity index is 1.73. The summed E-state index contributed by atoms with van der Waals surface area (Å²) in [6.07, 6.45) is 10.9. The molecule has 0 radical (unpaired) electrons. The predicted molar refractivity (Wildman–Crippen MR) is 105 cm³/mol. The number of carbonyl (C=O) groups is 2. The quantitative estimate of drug-likeness (QED) is 0.441. The van der Waals surface area contributed by atoms with Gasteiger partial charge in [0.25, 0.3) is 0 Å². The third-order valence-electron chi connectivity index (χ3n) is 7.72. The molecule has 1 saturated carbocycles. The smallest absolute Gasteiger partial charge is 0.303 e. The number of ether oxygens (including phenoxy) is 2. The fourth-order valence-electron chi connectivity index (χ4n) is 6.49. The van der Waals surface area contributed by atoms with Crippen molar-refractivity contribution in [2.24, 2.45) is 17.3 Å². The van der Waals surface area contributed by atoms with Crippen LogP contribution in [0.2, 0.25) is 0 Å². The lowest BCUT2D eigenvalue weighted by Gasteiger charge is -2.53. The number of aryl methyl sites for hydroxylation is 1. The van der Waals surface area contributed by atoms with Gasteiger partial charge < -0.3 is 9.47 Å². The third kappa shape index (κ3) is 2.23. The number of fused-ring (bicyclic) bond motifs is 1. The SMILES string of the molecule is CC(=O)O[C@@]12C=CCOc3ccc4c(c3)CC[C@H]3C4CC[C@@]1(C)[C@H]3C=C2C=O. The van der Waals surface area contributed by atoms with Crippen LogP contribution in [0, 0.1) is 17.3 Å². The maximum Gasteiger partial charge on any atom is 0.303 e. The first kappa shape index (κ1) is 17.7. The molecule has 1 aromatic rings. The lowest BCUT2D eigenvalue weighted by atomic mass is 9.52. The lowest BCUT2D eigenvalue weighted by molar-refractivity contribution is -0.164. The van der Waals surface area contributed by atoms with Crippen LogP contribution in [0.15, 0.2) is 42.0 Å². The Morgan fingerprint density at radius 1 is 1.32 bits per heavy atom. The molecular weight excluding hydrogens is 352 g/mol. The number of esters is 1. The van der Waals surface area contributed by atoms with Gasteiger partial charge >= 0.3 is 5.97 Å². The number of carbonyl (C=O) groups excluding carboxylic acids is 2. The molecule has 1 fully saturated rings. The largest absolute Gasteiger partial charge is 0.490 e. The van der Waals surface area contributed by atoms with Gasteiger partial charge in [-0.2, -0.15) is 0 Å². The molecule has 5 atom stereocenters. The van der Waals surface area contributed by atoms with Crippen molar-refractivity contribution in [3.8, 4) is 5.75 Å².